The Bertz CT molecular complexity index is 1050. The van der Waals surface area contributed by atoms with Crippen molar-refractivity contribution in [2.75, 3.05) is 5.73 Å². The predicted octanol–water partition coefficient (Wildman–Crippen LogP) is 1.69. The topological polar surface area (TPSA) is 119 Å². The Hall–Kier alpha value is -3.26. The van der Waals surface area contributed by atoms with Crippen molar-refractivity contribution in [1.29, 1.82) is 0 Å². The van der Waals surface area contributed by atoms with E-state index in [0.29, 0.717) is 17.1 Å². The molecule has 25 heavy (non-hydrogen) atoms. The van der Waals surface area contributed by atoms with Gasteiger partial charge in [0.2, 0.25) is 5.95 Å². The van der Waals surface area contributed by atoms with Gasteiger partial charge in [-0.05, 0) is 25.5 Å². The van der Waals surface area contributed by atoms with Crippen LogP contribution in [0.25, 0.3) is 16.7 Å². The number of imidazole rings is 1. The first-order valence-corrected chi connectivity index (χ1v) is 7.77. The molecule has 4 rings (SSSR count). The lowest BCUT2D eigenvalue weighted by atomic mass is 9.92. The van der Waals surface area contributed by atoms with Gasteiger partial charge in [0.15, 0.2) is 5.82 Å². The Labute approximate surface area is 143 Å². The second-order valence-electron chi connectivity index (χ2n) is 6.03. The lowest BCUT2D eigenvalue weighted by molar-refractivity contribution is 0.0980. The van der Waals surface area contributed by atoms with Gasteiger partial charge in [0.25, 0.3) is 0 Å². The molecule has 0 spiro atoms. The van der Waals surface area contributed by atoms with Gasteiger partial charge in [-0.3, -0.25) is 0 Å². The van der Waals surface area contributed by atoms with Crippen LogP contribution >= 0.6 is 0 Å². The van der Waals surface area contributed by atoms with Gasteiger partial charge in [-0.15, -0.1) is 0 Å². The van der Waals surface area contributed by atoms with E-state index in [-0.39, 0.29) is 5.95 Å². The van der Waals surface area contributed by atoms with Gasteiger partial charge in [-0.25, -0.2) is 14.6 Å². The van der Waals surface area contributed by atoms with Crippen LogP contribution in [0.15, 0.2) is 43.0 Å². The first-order valence-electron chi connectivity index (χ1n) is 7.77. The number of nitrogens with zero attached hydrogens (tertiary/aromatic N) is 5. The summed E-state index contributed by atoms with van der Waals surface area (Å²) in [6.07, 6.45) is 4.81. The molecular formula is C17H17N7O. The standard InChI is InChI=1S/C17H17N7O/c1-10-12-4-3-11(17(2,25)14-8-19-9-21-14)7-13(12)24(23-10)15-5-6-20-16(18)22-15/h3-9,25H,1-2H3,(H,19,21)(H2,18,20,22). The van der Waals surface area contributed by atoms with E-state index in [1.807, 2.05) is 25.1 Å². The number of benzene rings is 1. The van der Waals surface area contributed by atoms with E-state index in [1.54, 1.807) is 36.4 Å². The molecule has 0 bridgehead atoms. The summed E-state index contributed by atoms with van der Waals surface area (Å²) in [6, 6.07) is 7.45. The Balaban J connectivity index is 1.92. The van der Waals surface area contributed by atoms with E-state index in [4.69, 9.17) is 5.73 Å². The molecule has 8 nitrogen and oxygen atoms in total. The summed E-state index contributed by atoms with van der Waals surface area (Å²) < 4.78 is 1.70. The number of nitrogen functional groups attached to an aromatic ring is 1. The predicted molar refractivity (Wildman–Crippen MR) is 93.1 cm³/mol. The molecule has 4 aromatic rings. The fourth-order valence-corrected chi connectivity index (χ4v) is 2.90. The number of aromatic amines is 1. The van der Waals surface area contributed by atoms with E-state index in [1.165, 1.54) is 0 Å². The summed E-state index contributed by atoms with van der Waals surface area (Å²) in [7, 11) is 0. The third-order valence-electron chi connectivity index (χ3n) is 4.30. The van der Waals surface area contributed by atoms with Gasteiger partial charge in [0.05, 0.1) is 23.2 Å². The van der Waals surface area contributed by atoms with Crippen LogP contribution in [0.4, 0.5) is 5.95 Å². The quantitative estimate of drug-likeness (QED) is 0.524. The van der Waals surface area contributed by atoms with Gasteiger partial charge >= 0.3 is 0 Å². The first-order chi connectivity index (χ1) is 12.0. The summed E-state index contributed by atoms with van der Waals surface area (Å²) in [5, 5.41) is 16.5. The molecule has 0 aliphatic heterocycles. The molecule has 0 aliphatic rings. The smallest absolute Gasteiger partial charge is 0.221 e. The third-order valence-corrected chi connectivity index (χ3v) is 4.30. The summed E-state index contributed by atoms with van der Waals surface area (Å²) in [4.78, 5) is 15.2. The van der Waals surface area contributed by atoms with Crippen molar-refractivity contribution in [3.05, 3.63) is 59.9 Å². The Morgan fingerprint density at radius 3 is 2.80 bits per heavy atom. The molecule has 3 aromatic heterocycles. The maximum Gasteiger partial charge on any atom is 0.221 e. The number of hydrogen-bond donors (Lipinski definition) is 3. The van der Waals surface area contributed by atoms with Gasteiger partial charge in [-0.1, -0.05) is 12.1 Å². The van der Waals surface area contributed by atoms with Gasteiger partial charge in [0.1, 0.15) is 5.60 Å². The van der Waals surface area contributed by atoms with Gasteiger partial charge in [0, 0.05) is 23.8 Å². The molecule has 1 atom stereocenters. The van der Waals surface area contributed by atoms with Crippen LogP contribution in [0, 0.1) is 6.92 Å². The fraction of sp³-hybridized carbons (Fsp3) is 0.176. The van der Waals surface area contributed by atoms with Crippen molar-refractivity contribution in [3.63, 3.8) is 0 Å². The van der Waals surface area contributed by atoms with Crippen molar-refractivity contribution in [1.82, 2.24) is 29.7 Å². The van der Waals surface area contributed by atoms with Crippen molar-refractivity contribution in [3.8, 4) is 5.82 Å². The number of rotatable bonds is 3. The number of H-pyrrole nitrogens is 1. The molecule has 3 heterocycles. The molecule has 0 aliphatic carbocycles. The monoisotopic (exact) mass is 335 g/mol. The van der Waals surface area contributed by atoms with E-state index in [2.05, 4.69) is 25.0 Å². The largest absolute Gasteiger partial charge is 0.379 e. The maximum atomic E-state index is 11.0. The lowest BCUT2D eigenvalue weighted by Crippen LogP contribution is -2.23. The molecule has 126 valence electrons. The van der Waals surface area contributed by atoms with Crippen molar-refractivity contribution in [2.45, 2.75) is 19.4 Å². The third kappa shape index (κ3) is 2.43. The maximum absolute atomic E-state index is 11.0. The molecule has 0 saturated heterocycles. The normalized spacial score (nSPS) is 13.9. The molecule has 0 amide bonds. The zero-order valence-electron chi connectivity index (χ0n) is 13.8. The Morgan fingerprint density at radius 2 is 2.08 bits per heavy atom. The molecule has 0 fully saturated rings. The summed E-state index contributed by atoms with van der Waals surface area (Å²) in [5.41, 5.74) is 7.39. The highest BCUT2D eigenvalue weighted by Crippen LogP contribution is 2.31. The number of nitrogens with two attached hydrogens (primary N) is 1. The molecule has 8 heteroatoms. The fourth-order valence-electron chi connectivity index (χ4n) is 2.90. The van der Waals surface area contributed by atoms with Gasteiger partial charge < -0.3 is 15.8 Å². The molecule has 0 radical (unpaired) electrons. The minimum Gasteiger partial charge on any atom is -0.379 e. The van der Waals surface area contributed by atoms with Crippen molar-refractivity contribution < 1.29 is 5.11 Å². The molecular weight excluding hydrogens is 318 g/mol. The van der Waals surface area contributed by atoms with Crippen LogP contribution in [0.3, 0.4) is 0 Å². The average Bonchev–Trinajstić information content (AvgIpc) is 3.23. The van der Waals surface area contributed by atoms with E-state index >= 15 is 0 Å². The van der Waals surface area contributed by atoms with Gasteiger partial charge in [-0.2, -0.15) is 10.1 Å². The average molecular weight is 335 g/mol. The van der Waals surface area contributed by atoms with Crippen LogP contribution in [-0.4, -0.2) is 34.8 Å². The second-order valence-corrected chi connectivity index (χ2v) is 6.03. The number of aryl methyl sites for hydroxylation is 1. The van der Waals surface area contributed by atoms with Crippen LogP contribution in [0.5, 0.6) is 0 Å². The summed E-state index contributed by atoms with van der Waals surface area (Å²) >= 11 is 0. The summed E-state index contributed by atoms with van der Waals surface area (Å²) in [5.74, 6) is 0.751. The Kier molecular flexibility index (Phi) is 3.29. The highest BCUT2D eigenvalue weighted by molar-refractivity contribution is 5.84. The minimum absolute atomic E-state index is 0.179. The SMILES string of the molecule is Cc1nn(-c2ccnc(N)n2)c2cc(C(C)(O)c3c[nH]cn3)ccc12. The number of hydrogen-bond acceptors (Lipinski definition) is 6. The number of fused-ring (bicyclic) bond motifs is 1. The number of nitrogens with one attached hydrogen (secondary N) is 1. The van der Waals surface area contributed by atoms with Crippen molar-refractivity contribution >= 4 is 16.9 Å². The zero-order chi connectivity index (χ0) is 17.6. The first kappa shape index (κ1) is 15.3. The van der Waals surface area contributed by atoms with Crippen LogP contribution in [0.1, 0.15) is 23.9 Å². The second kappa shape index (κ2) is 5.38. The van der Waals surface area contributed by atoms with E-state index in [9.17, 15) is 5.11 Å². The molecule has 1 aromatic carbocycles. The molecule has 0 saturated carbocycles. The van der Waals surface area contributed by atoms with E-state index in [0.717, 1.165) is 16.6 Å². The summed E-state index contributed by atoms with van der Waals surface area (Å²) in [6.45, 7) is 3.63. The zero-order valence-corrected chi connectivity index (χ0v) is 13.8. The molecule has 4 N–H and O–H groups in total. The lowest BCUT2D eigenvalue weighted by Gasteiger charge is -2.21. The van der Waals surface area contributed by atoms with Crippen LogP contribution < -0.4 is 5.73 Å². The number of aromatic nitrogens is 6. The number of anilines is 1. The Morgan fingerprint density at radius 1 is 1.24 bits per heavy atom. The highest BCUT2D eigenvalue weighted by atomic mass is 16.3. The molecule has 1 unspecified atom stereocenters. The van der Waals surface area contributed by atoms with Crippen LogP contribution in [-0.2, 0) is 5.60 Å². The van der Waals surface area contributed by atoms with Crippen molar-refractivity contribution in [2.24, 2.45) is 0 Å². The number of aliphatic hydroxyl groups is 1. The van der Waals surface area contributed by atoms with Crippen LogP contribution in [0.2, 0.25) is 0 Å². The van der Waals surface area contributed by atoms with E-state index < -0.39 is 5.60 Å². The minimum atomic E-state index is -1.23. The highest BCUT2D eigenvalue weighted by Gasteiger charge is 2.28.